The first kappa shape index (κ1) is 23.2. The number of hydrogen-bond donors (Lipinski definition) is 1. The van der Waals surface area contributed by atoms with Crippen LogP contribution in [0.4, 0.5) is 30.4 Å². The lowest BCUT2D eigenvalue weighted by Gasteiger charge is -2.21. The summed E-state index contributed by atoms with van der Waals surface area (Å²) in [6.45, 7) is 1.38. The summed E-state index contributed by atoms with van der Waals surface area (Å²) in [4.78, 5) is 30.6. The number of rotatable bonds is 5. The number of nitrogens with one attached hydrogen (secondary N) is 1. The van der Waals surface area contributed by atoms with Gasteiger partial charge >= 0.3 is 6.18 Å². The third kappa shape index (κ3) is 4.86. The SMILES string of the molecule is CC(=O)N(c1ccn2nccc2c1)c1cc(NC(=O)Cc2cccc(C(F)(F)F)c2Cl)ccn1. The van der Waals surface area contributed by atoms with Crippen LogP contribution in [0.3, 0.4) is 0 Å². The number of alkyl halides is 3. The number of aromatic nitrogens is 3. The second-order valence-electron chi connectivity index (χ2n) is 7.34. The van der Waals surface area contributed by atoms with Crippen LogP contribution >= 0.6 is 11.6 Å². The van der Waals surface area contributed by atoms with Gasteiger partial charge in [-0.05, 0) is 35.9 Å². The molecule has 0 aliphatic heterocycles. The molecule has 2 amide bonds. The van der Waals surface area contributed by atoms with Gasteiger partial charge in [0.15, 0.2) is 0 Å². The molecule has 4 rings (SSSR count). The van der Waals surface area contributed by atoms with E-state index in [1.165, 1.54) is 42.3 Å². The lowest BCUT2D eigenvalue weighted by molar-refractivity contribution is -0.137. The lowest BCUT2D eigenvalue weighted by atomic mass is 10.1. The van der Waals surface area contributed by atoms with Crippen LogP contribution in [0.5, 0.6) is 0 Å². The molecule has 0 bridgehead atoms. The first-order chi connectivity index (χ1) is 16.1. The van der Waals surface area contributed by atoms with Gasteiger partial charge in [0.1, 0.15) is 5.82 Å². The molecule has 0 spiro atoms. The van der Waals surface area contributed by atoms with Crippen LogP contribution in [0, 0.1) is 0 Å². The van der Waals surface area contributed by atoms with E-state index in [1.807, 2.05) is 0 Å². The van der Waals surface area contributed by atoms with Gasteiger partial charge in [-0.3, -0.25) is 14.5 Å². The standard InChI is InChI=1S/C23H17ClF3N5O2/c1-14(33)32(18-7-10-31-17(13-18)6-9-29-31)20-12-16(5-8-28-20)30-21(34)11-15-3-2-4-19(22(15)24)23(25,26)27/h2-10,12-13H,11H2,1H3,(H,28,30,34). The van der Waals surface area contributed by atoms with Gasteiger partial charge in [-0.15, -0.1) is 0 Å². The monoisotopic (exact) mass is 487 g/mol. The fourth-order valence-corrected chi connectivity index (χ4v) is 3.76. The highest BCUT2D eigenvalue weighted by molar-refractivity contribution is 6.32. The molecular weight excluding hydrogens is 471 g/mol. The quantitative estimate of drug-likeness (QED) is 0.416. The highest BCUT2D eigenvalue weighted by atomic mass is 35.5. The predicted octanol–water partition coefficient (Wildman–Crippen LogP) is 5.27. The number of fused-ring (bicyclic) bond motifs is 1. The number of hydrogen-bond acceptors (Lipinski definition) is 4. The Morgan fingerprint density at radius 2 is 1.91 bits per heavy atom. The molecule has 0 unspecified atom stereocenters. The van der Waals surface area contributed by atoms with Crippen LogP contribution in [0.2, 0.25) is 5.02 Å². The molecule has 11 heteroatoms. The zero-order chi connectivity index (χ0) is 24.5. The molecule has 4 aromatic rings. The maximum atomic E-state index is 13.1. The number of carbonyl (C=O) groups is 2. The average Bonchev–Trinajstić information content (AvgIpc) is 3.22. The summed E-state index contributed by atoms with van der Waals surface area (Å²) in [5.74, 6) is -0.629. The van der Waals surface area contributed by atoms with Crippen molar-refractivity contribution in [1.82, 2.24) is 14.6 Å². The maximum Gasteiger partial charge on any atom is 0.417 e. The summed E-state index contributed by atoms with van der Waals surface area (Å²) < 4.78 is 40.9. The van der Waals surface area contributed by atoms with Crippen molar-refractivity contribution >= 4 is 46.1 Å². The van der Waals surface area contributed by atoms with Crippen molar-refractivity contribution in [1.29, 1.82) is 0 Å². The van der Waals surface area contributed by atoms with Crippen LogP contribution in [0.15, 0.2) is 67.1 Å². The Morgan fingerprint density at radius 3 is 2.65 bits per heavy atom. The van der Waals surface area contributed by atoms with Crippen LogP contribution in [-0.4, -0.2) is 26.4 Å². The molecule has 34 heavy (non-hydrogen) atoms. The van der Waals surface area contributed by atoms with Gasteiger partial charge in [-0.1, -0.05) is 23.7 Å². The van der Waals surface area contributed by atoms with Gasteiger partial charge in [-0.25, -0.2) is 9.50 Å². The Balaban J connectivity index is 1.56. The fourth-order valence-electron chi connectivity index (χ4n) is 3.46. The van der Waals surface area contributed by atoms with E-state index < -0.39 is 22.7 Å². The molecular formula is C23H17ClF3N5O2. The number of nitrogens with zero attached hydrogens (tertiary/aromatic N) is 4. The van der Waals surface area contributed by atoms with Crippen LogP contribution in [-0.2, 0) is 22.2 Å². The molecule has 0 saturated carbocycles. The number of anilines is 3. The van der Waals surface area contributed by atoms with Crippen molar-refractivity contribution in [2.75, 3.05) is 10.2 Å². The largest absolute Gasteiger partial charge is 0.417 e. The Bertz CT molecular complexity index is 1390. The van der Waals surface area contributed by atoms with E-state index in [0.29, 0.717) is 11.4 Å². The first-order valence-corrected chi connectivity index (χ1v) is 10.4. The molecule has 1 aromatic carbocycles. The third-order valence-electron chi connectivity index (χ3n) is 4.95. The van der Waals surface area contributed by atoms with Crippen LogP contribution < -0.4 is 10.2 Å². The van der Waals surface area contributed by atoms with Gasteiger partial charge in [0.2, 0.25) is 11.8 Å². The highest BCUT2D eigenvalue weighted by Crippen LogP contribution is 2.36. The number of benzene rings is 1. The molecule has 1 N–H and O–H groups in total. The molecule has 3 aromatic heterocycles. The highest BCUT2D eigenvalue weighted by Gasteiger charge is 2.34. The van der Waals surface area contributed by atoms with Crippen molar-refractivity contribution in [3.05, 3.63) is 83.3 Å². The van der Waals surface area contributed by atoms with E-state index >= 15 is 0 Å². The van der Waals surface area contributed by atoms with Crippen LogP contribution in [0.25, 0.3) is 5.52 Å². The summed E-state index contributed by atoms with van der Waals surface area (Å²) in [5, 5.41) is 6.22. The van der Waals surface area contributed by atoms with Crippen molar-refractivity contribution < 1.29 is 22.8 Å². The predicted molar refractivity (Wildman–Crippen MR) is 121 cm³/mol. The maximum absolute atomic E-state index is 13.1. The minimum absolute atomic E-state index is 0.0442. The summed E-state index contributed by atoms with van der Waals surface area (Å²) in [6.07, 6.45) is -0.253. The van der Waals surface area contributed by atoms with Gasteiger partial charge < -0.3 is 5.32 Å². The molecule has 0 radical (unpaired) electrons. The Kier molecular flexibility index (Phi) is 6.25. The summed E-state index contributed by atoms with van der Waals surface area (Å²) >= 11 is 5.88. The Morgan fingerprint density at radius 1 is 1.12 bits per heavy atom. The van der Waals surface area contributed by atoms with Crippen molar-refractivity contribution in [2.45, 2.75) is 19.5 Å². The summed E-state index contributed by atoms with van der Waals surface area (Å²) in [7, 11) is 0. The first-order valence-electron chi connectivity index (χ1n) is 9.98. The number of carbonyl (C=O) groups excluding carboxylic acids is 2. The van der Waals surface area contributed by atoms with Gasteiger partial charge in [0.25, 0.3) is 0 Å². The molecule has 3 heterocycles. The molecule has 174 valence electrons. The van der Waals surface area contributed by atoms with E-state index in [0.717, 1.165) is 11.6 Å². The lowest BCUT2D eigenvalue weighted by Crippen LogP contribution is -2.24. The zero-order valence-corrected chi connectivity index (χ0v) is 18.4. The minimum Gasteiger partial charge on any atom is -0.326 e. The van der Waals surface area contributed by atoms with E-state index in [1.54, 1.807) is 35.1 Å². The van der Waals surface area contributed by atoms with Crippen LogP contribution in [0.1, 0.15) is 18.1 Å². The van der Waals surface area contributed by atoms with Gasteiger partial charge in [0.05, 0.1) is 28.2 Å². The summed E-state index contributed by atoms with van der Waals surface area (Å²) in [5.41, 5.74) is 0.675. The van der Waals surface area contributed by atoms with Crippen molar-refractivity contribution in [2.24, 2.45) is 0 Å². The molecule has 0 atom stereocenters. The molecule has 0 saturated heterocycles. The normalized spacial score (nSPS) is 11.4. The minimum atomic E-state index is -4.63. The van der Waals surface area contributed by atoms with E-state index in [4.69, 9.17) is 11.6 Å². The smallest absolute Gasteiger partial charge is 0.326 e. The Hall–Kier alpha value is -3.92. The van der Waals surface area contributed by atoms with E-state index in [2.05, 4.69) is 15.4 Å². The van der Waals surface area contributed by atoms with Gasteiger partial charge in [0, 0.05) is 37.3 Å². The number of pyridine rings is 2. The molecule has 7 nitrogen and oxygen atoms in total. The van der Waals surface area contributed by atoms with E-state index in [-0.39, 0.29) is 23.7 Å². The average molecular weight is 488 g/mol. The molecule has 0 aliphatic carbocycles. The molecule has 0 fully saturated rings. The number of halogens is 4. The Labute approximate surface area is 196 Å². The fraction of sp³-hybridized carbons (Fsp3) is 0.130. The van der Waals surface area contributed by atoms with Gasteiger partial charge in [-0.2, -0.15) is 18.3 Å². The molecule has 0 aliphatic rings. The third-order valence-corrected chi connectivity index (χ3v) is 5.40. The zero-order valence-electron chi connectivity index (χ0n) is 17.7. The summed E-state index contributed by atoms with van der Waals surface area (Å²) in [6, 6.07) is 11.7. The van der Waals surface area contributed by atoms with Crippen molar-refractivity contribution in [3.8, 4) is 0 Å². The van der Waals surface area contributed by atoms with E-state index in [9.17, 15) is 22.8 Å². The second kappa shape index (κ2) is 9.14. The number of amides is 2. The van der Waals surface area contributed by atoms with Crippen molar-refractivity contribution in [3.63, 3.8) is 0 Å². The second-order valence-corrected chi connectivity index (χ2v) is 7.72. The topological polar surface area (TPSA) is 79.6 Å².